The summed E-state index contributed by atoms with van der Waals surface area (Å²) in [4.78, 5) is 15.5. The van der Waals surface area contributed by atoms with Gasteiger partial charge in [-0.05, 0) is 29.8 Å². The Bertz CT molecular complexity index is 862. The molecular weight excluding hydrogens is 292 g/mol. The molecule has 0 aliphatic heterocycles. The zero-order valence-corrected chi connectivity index (χ0v) is 12.7. The van der Waals surface area contributed by atoms with Crippen LogP contribution in [-0.2, 0) is 11.3 Å². The highest BCUT2D eigenvalue weighted by Crippen LogP contribution is 2.30. The molecule has 0 fully saturated rings. The van der Waals surface area contributed by atoms with E-state index in [-0.39, 0.29) is 5.69 Å². The minimum absolute atomic E-state index is 0.260. The first-order chi connectivity index (χ1) is 11.2. The summed E-state index contributed by atoms with van der Waals surface area (Å²) in [6, 6.07) is 14.9. The molecule has 116 valence electrons. The maximum Gasteiger partial charge on any atom is 0.356 e. The zero-order chi connectivity index (χ0) is 16.2. The molecule has 0 aliphatic carbocycles. The summed E-state index contributed by atoms with van der Waals surface area (Å²) >= 11 is 0. The molecule has 0 aliphatic rings. The van der Waals surface area contributed by atoms with Gasteiger partial charge >= 0.3 is 5.97 Å². The summed E-state index contributed by atoms with van der Waals surface area (Å²) in [5.74, 6) is 0.274. The standard InChI is InChI=1S/C18H16N2O3/c1-22-18(21)16-10-12(8-9-20-16)11-23-17-7-6-15(19)13-4-2-3-5-14(13)17/h2-10H,11,19H2,1H3. The fourth-order valence-electron chi connectivity index (χ4n) is 2.36. The number of aromatic nitrogens is 1. The van der Waals surface area contributed by atoms with Gasteiger partial charge in [0.2, 0.25) is 0 Å². The number of hydrogen-bond acceptors (Lipinski definition) is 5. The van der Waals surface area contributed by atoms with Gasteiger partial charge in [0.1, 0.15) is 18.1 Å². The summed E-state index contributed by atoms with van der Waals surface area (Å²) in [5, 5.41) is 1.91. The number of methoxy groups -OCH3 is 1. The average Bonchev–Trinajstić information content (AvgIpc) is 2.61. The fraction of sp³-hybridized carbons (Fsp3) is 0.111. The van der Waals surface area contributed by atoms with E-state index in [4.69, 9.17) is 10.5 Å². The van der Waals surface area contributed by atoms with Crippen LogP contribution in [0.25, 0.3) is 10.8 Å². The molecule has 1 aromatic heterocycles. The summed E-state index contributed by atoms with van der Waals surface area (Å²) < 4.78 is 10.6. The lowest BCUT2D eigenvalue weighted by atomic mass is 10.1. The molecule has 0 bridgehead atoms. The Morgan fingerprint density at radius 1 is 1.13 bits per heavy atom. The van der Waals surface area contributed by atoms with Crippen LogP contribution in [-0.4, -0.2) is 18.1 Å². The first-order valence-electron chi connectivity index (χ1n) is 7.12. The number of carbonyl (C=O) groups is 1. The molecule has 3 rings (SSSR count). The van der Waals surface area contributed by atoms with Crippen LogP contribution in [0.2, 0.25) is 0 Å². The van der Waals surface area contributed by atoms with Crippen molar-refractivity contribution in [2.24, 2.45) is 0 Å². The second kappa shape index (κ2) is 6.36. The smallest absolute Gasteiger partial charge is 0.356 e. The molecule has 3 aromatic rings. The summed E-state index contributed by atoms with van der Waals surface area (Å²) in [7, 11) is 1.33. The zero-order valence-electron chi connectivity index (χ0n) is 12.7. The molecular formula is C18H16N2O3. The Kier molecular flexibility index (Phi) is 4.10. The van der Waals surface area contributed by atoms with Gasteiger partial charge in [0.15, 0.2) is 0 Å². The van der Waals surface area contributed by atoms with E-state index in [1.54, 1.807) is 18.3 Å². The Morgan fingerprint density at radius 2 is 1.91 bits per heavy atom. The number of anilines is 1. The van der Waals surface area contributed by atoms with Crippen LogP contribution >= 0.6 is 0 Å². The minimum atomic E-state index is -0.468. The maximum atomic E-state index is 11.5. The highest BCUT2D eigenvalue weighted by Gasteiger charge is 2.09. The van der Waals surface area contributed by atoms with Gasteiger partial charge in [-0.25, -0.2) is 9.78 Å². The van der Waals surface area contributed by atoms with E-state index in [0.717, 1.165) is 22.1 Å². The molecule has 0 atom stereocenters. The van der Waals surface area contributed by atoms with Crippen molar-refractivity contribution >= 4 is 22.4 Å². The van der Waals surface area contributed by atoms with Gasteiger partial charge in [-0.1, -0.05) is 24.3 Å². The first-order valence-corrected chi connectivity index (χ1v) is 7.12. The van der Waals surface area contributed by atoms with Gasteiger partial charge in [0, 0.05) is 22.7 Å². The number of rotatable bonds is 4. The Morgan fingerprint density at radius 3 is 2.70 bits per heavy atom. The third kappa shape index (κ3) is 3.08. The first kappa shape index (κ1) is 14.8. The topological polar surface area (TPSA) is 74.4 Å². The predicted molar refractivity (Wildman–Crippen MR) is 88.3 cm³/mol. The van der Waals surface area contributed by atoms with Crippen LogP contribution in [0.4, 0.5) is 5.69 Å². The lowest BCUT2D eigenvalue weighted by molar-refractivity contribution is 0.0594. The quantitative estimate of drug-likeness (QED) is 0.592. The molecule has 5 heteroatoms. The second-order valence-corrected chi connectivity index (χ2v) is 5.03. The van der Waals surface area contributed by atoms with Crippen molar-refractivity contribution in [3.63, 3.8) is 0 Å². The van der Waals surface area contributed by atoms with Gasteiger partial charge in [-0.2, -0.15) is 0 Å². The highest BCUT2D eigenvalue weighted by atomic mass is 16.5. The van der Waals surface area contributed by atoms with E-state index in [9.17, 15) is 4.79 Å². The molecule has 0 saturated heterocycles. The lowest BCUT2D eigenvalue weighted by Crippen LogP contribution is -2.05. The van der Waals surface area contributed by atoms with Crippen molar-refractivity contribution in [3.8, 4) is 5.75 Å². The number of esters is 1. The average molecular weight is 308 g/mol. The number of carbonyl (C=O) groups excluding carboxylic acids is 1. The van der Waals surface area contributed by atoms with Crippen molar-refractivity contribution < 1.29 is 14.3 Å². The van der Waals surface area contributed by atoms with Crippen LogP contribution in [0.5, 0.6) is 5.75 Å². The van der Waals surface area contributed by atoms with Gasteiger partial charge in [0.05, 0.1) is 7.11 Å². The number of pyridine rings is 1. The van der Waals surface area contributed by atoms with E-state index in [0.29, 0.717) is 12.3 Å². The molecule has 0 amide bonds. The van der Waals surface area contributed by atoms with E-state index < -0.39 is 5.97 Å². The van der Waals surface area contributed by atoms with Crippen molar-refractivity contribution in [1.29, 1.82) is 0 Å². The van der Waals surface area contributed by atoms with E-state index >= 15 is 0 Å². The van der Waals surface area contributed by atoms with Crippen LogP contribution in [0.15, 0.2) is 54.7 Å². The van der Waals surface area contributed by atoms with E-state index in [2.05, 4.69) is 9.72 Å². The number of fused-ring (bicyclic) bond motifs is 1. The van der Waals surface area contributed by atoms with Crippen LogP contribution in [0.1, 0.15) is 16.1 Å². The Hall–Kier alpha value is -3.08. The minimum Gasteiger partial charge on any atom is -0.488 e. The van der Waals surface area contributed by atoms with Gasteiger partial charge < -0.3 is 15.2 Å². The van der Waals surface area contributed by atoms with E-state index in [1.165, 1.54) is 7.11 Å². The van der Waals surface area contributed by atoms with Crippen LogP contribution in [0, 0.1) is 0 Å². The number of hydrogen-bond donors (Lipinski definition) is 1. The van der Waals surface area contributed by atoms with Gasteiger partial charge in [-0.3, -0.25) is 0 Å². The molecule has 1 heterocycles. The third-order valence-corrected chi connectivity index (χ3v) is 3.53. The molecule has 0 spiro atoms. The molecule has 0 radical (unpaired) electrons. The summed E-state index contributed by atoms with van der Waals surface area (Å²) in [6.45, 7) is 0.320. The monoisotopic (exact) mass is 308 g/mol. The molecule has 23 heavy (non-hydrogen) atoms. The fourth-order valence-corrected chi connectivity index (χ4v) is 2.36. The highest BCUT2D eigenvalue weighted by molar-refractivity contribution is 5.97. The third-order valence-electron chi connectivity index (χ3n) is 3.53. The van der Waals surface area contributed by atoms with Crippen LogP contribution < -0.4 is 10.5 Å². The SMILES string of the molecule is COC(=O)c1cc(COc2ccc(N)c3ccccc23)ccn1. The molecule has 2 N–H and O–H groups in total. The van der Waals surface area contributed by atoms with Gasteiger partial charge in [-0.15, -0.1) is 0 Å². The normalized spacial score (nSPS) is 10.5. The van der Waals surface area contributed by atoms with Crippen molar-refractivity contribution in [2.45, 2.75) is 6.61 Å². The van der Waals surface area contributed by atoms with Crippen molar-refractivity contribution in [1.82, 2.24) is 4.98 Å². The largest absolute Gasteiger partial charge is 0.488 e. The molecule has 2 aromatic carbocycles. The maximum absolute atomic E-state index is 11.5. The molecule has 0 saturated carbocycles. The van der Waals surface area contributed by atoms with Crippen molar-refractivity contribution in [3.05, 3.63) is 66.0 Å². The number of nitrogens with two attached hydrogens (primary N) is 1. The Labute approximate surface area is 133 Å². The van der Waals surface area contributed by atoms with Crippen LogP contribution in [0.3, 0.4) is 0 Å². The van der Waals surface area contributed by atoms with E-state index in [1.807, 2.05) is 36.4 Å². The Balaban J connectivity index is 1.84. The summed E-state index contributed by atoms with van der Waals surface area (Å²) in [6.07, 6.45) is 1.56. The summed E-state index contributed by atoms with van der Waals surface area (Å²) in [5.41, 5.74) is 7.79. The number of benzene rings is 2. The number of nitrogens with zero attached hydrogens (tertiary/aromatic N) is 1. The molecule has 0 unspecified atom stereocenters. The lowest BCUT2D eigenvalue weighted by Gasteiger charge is -2.11. The van der Waals surface area contributed by atoms with Crippen molar-refractivity contribution in [2.75, 3.05) is 12.8 Å². The predicted octanol–water partition coefficient (Wildman–Crippen LogP) is 3.18. The number of ether oxygens (including phenoxy) is 2. The molecule has 5 nitrogen and oxygen atoms in total. The number of nitrogen functional groups attached to an aromatic ring is 1. The van der Waals surface area contributed by atoms with Gasteiger partial charge in [0.25, 0.3) is 0 Å². The second-order valence-electron chi connectivity index (χ2n) is 5.03.